The lowest BCUT2D eigenvalue weighted by molar-refractivity contribution is -0.119. The van der Waals surface area contributed by atoms with Crippen LogP contribution in [0.15, 0.2) is 47.1 Å². The maximum Gasteiger partial charge on any atom is 0.223 e. The minimum Gasteiger partial charge on any atom is -0.489 e. The third-order valence-electron chi connectivity index (χ3n) is 4.64. The molecule has 0 spiro atoms. The van der Waals surface area contributed by atoms with E-state index in [4.69, 9.17) is 32.7 Å². The standard InChI is InChI=1S/C23H22BrCl2N3O4/c1-3-29-23(33-13-15-4-6-16(24)7-5-15)18(12-28-29)21(31)17-8-9-19(25)22(20(17)26)32-11-10-27-14(2)30/h4-9,12H,3,10-11,13H2,1-2H3,(H,27,30). The first-order valence-electron chi connectivity index (χ1n) is 10.1. The summed E-state index contributed by atoms with van der Waals surface area (Å²) >= 11 is 16.1. The molecule has 174 valence electrons. The van der Waals surface area contributed by atoms with Crippen molar-refractivity contribution in [2.24, 2.45) is 0 Å². The van der Waals surface area contributed by atoms with Crippen LogP contribution in [0.5, 0.6) is 11.6 Å². The molecule has 7 nitrogen and oxygen atoms in total. The molecule has 1 N–H and O–H groups in total. The second kappa shape index (κ2) is 11.5. The van der Waals surface area contributed by atoms with Gasteiger partial charge in [-0.3, -0.25) is 9.59 Å². The van der Waals surface area contributed by atoms with Crippen LogP contribution in [0.3, 0.4) is 0 Å². The van der Waals surface area contributed by atoms with Gasteiger partial charge in [0.05, 0.1) is 22.8 Å². The van der Waals surface area contributed by atoms with Crippen LogP contribution in [0.4, 0.5) is 0 Å². The van der Waals surface area contributed by atoms with Gasteiger partial charge < -0.3 is 14.8 Å². The highest BCUT2D eigenvalue weighted by Gasteiger charge is 2.24. The van der Waals surface area contributed by atoms with Crippen LogP contribution in [0.2, 0.25) is 10.0 Å². The highest BCUT2D eigenvalue weighted by molar-refractivity contribution is 9.10. The van der Waals surface area contributed by atoms with E-state index in [1.165, 1.54) is 19.2 Å². The van der Waals surface area contributed by atoms with Gasteiger partial charge in [0, 0.05) is 23.5 Å². The van der Waals surface area contributed by atoms with Crippen molar-refractivity contribution in [2.45, 2.75) is 27.0 Å². The average Bonchev–Trinajstić information content (AvgIpc) is 3.20. The Balaban J connectivity index is 1.84. The lowest BCUT2D eigenvalue weighted by atomic mass is 10.1. The van der Waals surface area contributed by atoms with Gasteiger partial charge in [0.1, 0.15) is 18.8 Å². The molecule has 0 aliphatic heterocycles. The van der Waals surface area contributed by atoms with Gasteiger partial charge >= 0.3 is 0 Å². The Bertz CT molecular complexity index is 1150. The molecule has 0 aliphatic rings. The van der Waals surface area contributed by atoms with Gasteiger partial charge in [0.2, 0.25) is 17.6 Å². The minimum absolute atomic E-state index is 0.0819. The molecular formula is C23H22BrCl2N3O4. The number of hydrogen-bond acceptors (Lipinski definition) is 5. The van der Waals surface area contributed by atoms with Gasteiger partial charge in [-0.25, -0.2) is 4.68 Å². The fourth-order valence-electron chi connectivity index (χ4n) is 3.01. The zero-order chi connectivity index (χ0) is 24.0. The van der Waals surface area contributed by atoms with Crippen LogP contribution in [0, 0.1) is 0 Å². The van der Waals surface area contributed by atoms with E-state index in [1.807, 2.05) is 31.2 Å². The summed E-state index contributed by atoms with van der Waals surface area (Å²) in [5.74, 6) is -0.0171. The molecule has 2 aromatic carbocycles. The first-order valence-corrected chi connectivity index (χ1v) is 11.7. The molecule has 0 aliphatic carbocycles. The number of hydrogen-bond donors (Lipinski definition) is 1. The van der Waals surface area contributed by atoms with E-state index in [0.717, 1.165) is 10.0 Å². The predicted molar refractivity (Wildman–Crippen MR) is 130 cm³/mol. The average molecular weight is 555 g/mol. The number of halogens is 3. The van der Waals surface area contributed by atoms with Crippen LogP contribution in [-0.4, -0.2) is 34.6 Å². The van der Waals surface area contributed by atoms with Crippen molar-refractivity contribution < 1.29 is 19.1 Å². The van der Waals surface area contributed by atoms with Gasteiger partial charge in [0.25, 0.3) is 0 Å². The number of carbonyl (C=O) groups excluding carboxylic acids is 2. The maximum absolute atomic E-state index is 13.4. The Labute approximate surface area is 210 Å². The number of nitrogens with zero attached hydrogens (tertiary/aromatic N) is 2. The number of carbonyl (C=O) groups is 2. The smallest absolute Gasteiger partial charge is 0.223 e. The Hall–Kier alpha value is -2.55. The van der Waals surface area contributed by atoms with Crippen molar-refractivity contribution >= 4 is 50.8 Å². The molecule has 0 saturated heterocycles. The van der Waals surface area contributed by atoms with Crippen molar-refractivity contribution in [3.05, 3.63) is 73.8 Å². The molecule has 1 heterocycles. The van der Waals surface area contributed by atoms with Crippen LogP contribution in [0.1, 0.15) is 35.3 Å². The Morgan fingerprint density at radius 1 is 1.09 bits per heavy atom. The molecule has 3 aromatic rings. The number of nitrogens with one attached hydrogen (secondary N) is 1. The summed E-state index contributed by atoms with van der Waals surface area (Å²) in [6.07, 6.45) is 1.46. The normalized spacial score (nSPS) is 10.7. The van der Waals surface area contributed by atoms with Gasteiger partial charge in [-0.15, -0.1) is 0 Å². The van der Waals surface area contributed by atoms with E-state index in [2.05, 4.69) is 26.3 Å². The summed E-state index contributed by atoms with van der Waals surface area (Å²) in [6, 6.07) is 10.8. The summed E-state index contributed by atoms with van der Waals surface area (Å²) in [5.41, 5.74) is 1.43. The predicted octanol–water partition coefficient (Wildman–Crippen LogP) is 5.30. The number of ketones is 1. The zero-order valence-electron chi connectivity index (χ0n) is 18.0. The molecular weight excluding hydrogens is 533 g/mol. The Kier molecular flexibility index (Phi) is 8.77. The maximum atomic E-state index is 13.4. The summed E-state index contributed by atoms with van der Waals surface area (Å²) in [4.78, 5) is 24.4. The van der Waals surface area contributed by atoms with Crippen molar-refractivity contribution in [3.63, 3.8) is 0 Å². The zero-order valence-corrected chi connectivity index (χ0v) is 21.1. The lowest BCUT2D eigenvalue weighted by Gasteiger charge is -2.14. The molecule has 33 heavy (non-hydrogen) atoms. The van der Waals surface area contributed by atoms with Gasteiger partial charge in [-0.2, -0.15) is 5.10 Å². The lowest BCUT2D eigenvalue weighted by Crippen LogP contribution is -2.25. The summed E-state index contributed by atoms with van der Waals surface area (Å²) in [5, 5.41) is 7.24. The Morgan fingerprint density at radius 2 is 1.82 bits per heavy atom. The number of amides is 1. The SMILES string of the molecule is CCn1ncc(C(=O)c2ccc(Cl)c(OCCNC(C)=O)c2Cl)c1OCc1ccc(Br)cc1. The molecule has 0 unspecified atom stereocenters. The molecule has 1 amide bonds. The van der Waals surface area contributed by atoms with Crippen LogP contribution in [-0.2, 0) is 17.9 Å². The number of aromatic nitrogens is 2. The van der Waals surface area contributed by atoms with Crippen molar-refractivity contribution in [1.29, 1.82) is 0 Å². The molecule has 0 radical (unpaired) electrons. The topological polar surface area (TPSA) is 82.5 Å². The molecule has 3 rings (SSSR count). The van der Waals surface area contributed by atoms with Crippen LogP contribution < -0.4 is 14.8 Å². The largest absolute Gasteiger partial charge is 0.489 e. The Morgan fingerprint density at radius 3 is 2.48 bits per heavy atom. The van der Waals surface area contributed by atoms with E-state index >= 15 is 0 Å². The second-order valence-corrected chi connectivity index (χ2v) is 8.69. The number of benzene rings is 2. The molecule has 0 atom stereocenters. The summed E-state index contributed by atoms with van der Waals surface area (Å²) in [6.45, 7) is 4.53. The van der Waals surface area contributed by atoms with Gasteiger partial charge in [0.15, 0.2) is 5.75 Å². The van der Waals surface area contributed by atoms with E-state index in [0.29, 0.717) is 12.4 Å². The number of rotatable bonds is 10. The van der Waals surface area contributed by atoms with E-state index in [-0.39, 0.29) is 58.4 Å². The highest BCUT2D eigenvalue weighted by Crippen LogP contribution is 2.37. The molecule has 1 aromatic heterocycles. The van der Waals surface area contributed by atoms with Crippen LogP contribution >= 0.6 is 39.1 Å². The van der Waals surface area contributed by atoms with E-state index in [9.17, 15) is 9.59 Å². The van der Waals surface area contributed by atoms with Gasteiger partial charge in [-0.1, -0.05) is 51.3 Å². The first-order chi connectivity index (χ1) is 15.8. The number of ether oxygens (including phenoxy) is 2. The van der Waals surface area contributed by atoms with Crippen LogP contribution in [0.25, 0.3) is 0 Å². The molecule has 0 fully saturated rings. The van der Waals surface area contributed by atoms with Crippen molar-refractivity contribution in [2.75, 3.05) is 13.2 Å². The third kappa shape index (κ3) is 6.28. The fourth-order valence-corrected chi connectivity index (χ4v) is 3.84. The molecule has 0 bridgehead atoms. The van der Waals surface area contributed by atoms with Crippen molar-refractivity contribution in [3.8, 4) is 11.6 Å². The van der Waals surface area contributed by atoms with Crippen molar-refractivity contribution in [1.82, 2.24) is 15.1 Å². The summed E-state index contributed by atoms with van der Waals surface area (Å²) in [7, 11) is 0. The molecule has 0 saturated carbocycles. The van der Waals surface area contributed by atoms with E-state index in [1.54, 1.807) is 10.7 Å². The molecule has 10 heteroatoms. The quantitative estimate of drug-likeness (QED) is 0.272. The minimum atomic E-state index is -0.367. The highest BCUT2D eigenvalue weighted by atomic mass is 79.9. The first kappa shape index (κ1) is 25.1. The van der Waals surface area contributed by atoms with E-state index < -0.39 is 0 Å². The summed E-state index contributed by atoms with van der Waals surface area (Å²) < 4.78 is 14.2. The monoisotopic (exact) mass is 553 g/mol. The second-order valence-electron chi connectivity index (χ2n) is 6.99. The van der Waals surface area contributed by atoms with Gasteiger partial charge in [-0.05, 0) is 36.8 Å². The third-order valence-corrected chi connectivity index (χ3v) is 5.84. The number of aryl methyl sites for hydroxylation is 1. The fraction of sp³-hybridized carbons (Fsp3) is 0.261.